The average Bonchev–Trinajstić information content (AvgIpc) is 3.27. The maximum absolute atomic E-state index is 6.02. The summed E-state index contributed by atoms with van der Waals surface area (Å²) in [6.07, 6.45) is 1.54. The van der Waals surface area contributed by atoms with Crippen molar-refractivity contribution in [2.24, 2.45) is 0 Å². The van der Waals surface area contributed by atoms with Crippen LogP contribution in [0, 0.1) is 6.92 Å². The molecule has 0 N–H and O–H groups in total. The van der Waals surface area contributed by atoms with Crippen molar-refractivity contribution in [3.63, 3.8) is 0 Å². The van der Waals surface area contributed by atoms with Crippen LogP contribution in [-0.2, 0) is 0 Å². The highest BCUT2D eigenvalue weighted by molar-refractivity contribution is 6.30. The molecule has 4 aromatic rings. The van der Waals surface area contributed by atoms with Crippen molar-refractivity contribution in [2.75, 3.05) is 0 Å². The second kappa shape index (κ2) is 5.36. The molecule has 0 atom stereocenters. The fourth-order valence-electron chi connectivity index (χ4n) is 2.20. The van der Waals surface area contributed by atoms with Crippen LogP contribution in [0.5, 0.6) is 0 Å². The van der Waals surface area contributed by atoms with Gasteiger partial charge in [0.2, 0.25) is 0 Å². The lowest BCUT2D eigenvalue weighted by Gasteiger charge is -2.03. The lowest BCUT2D eigenvalue weighted by molar-refractivity contribution is 0.522. The van der Waals surface area contributed by atoms with Gasteiger partial charge in [0.15, 0.2) is 11.5 Å². The first-order valence-electron chi connectivity index (χ1n) is 6.78. The number of benzene rings is 1. The van der Waals surface area contributed by atoms with E-state index in [-0.39, 0.29) is 5.89 Å². The van der Waals surface area contributed by atoms with E-state index in [1.165, 1.54) is 0 Å². The van der Waals surface area contributed by atoms with Crippen LogP contribution in [0.15, 0.2) is 51.5 Å². The van der Waals surface area contributed by atoms with E-state index in [2.05, 4.69) is 20.5 Å². The number of furan rings is 1. The monoisotopic (exact) mass is 327 g/mol. The summed E-state index contributed by atoms with van der Waals surface area (Å²) in [6.45, 7) is 1.87. The molecule has 0 spiro atoms. The zero-order chi connectivity index (χ0) is 15.8. The van der Waals surface area contributed by atoms with Crippen LogP contribution >= 0.6 is 11.6 Å². The standard InChI is InChI=1S/C15H10ClN5O2/c1-9-13(15-19-18-14(23-15)12-6-3-7-22-12)17-20-21(9)11-5-2-4-10(16)8-11/h2-8H,1H3. The minimum absolute atomic E-state index is 0.280. The maximum Gasteiger partial charge on any atom is 0.283 e. The zero-order valence-electron chi connectivity index (χ0n) is 12.0. The normalized spacial score (nSPS) is 11.0. The van der Waals surface area contributed by atoms with Gasteiger partial charge in [-0.3, -0.25) is 0 Å². The molecule has 0 saturated heterocycles. The van der Waals surface area contributed by atoms with E-state index in [9.17, 15) is 0 Å². The van der Waals surface area contributed by atoms with E-state index >= 15 is 0 Å². The van der Waals surface area contributed by atoms with E-state index in [4.69, 9.17) is 20.4 Å². The third-order valence-corrected chi connectivity index (χ3v) is 3.54. The van der Waals surface area contributed by atoms with Gasteiger partial charge < -0.3 is 8.83 Å². The molecular formula is C15H10ClN5O2. The molecule has 0 aliphatic heterocycles. The lowest BCUT2D eigenvalue weighted by atomic mass is 10.3. The number of aromatic nitrogens is 5. The molecule has 0 amide bonds. The SMILES string of the molecule is Cc1c(-c2nnc(-c3ccco3)o2)nnn1-c1cccc(Cl)c1. The predicted molar refractivity (Wildman–Crippen MR) is 82.1 cm³/mol. The van der Waals surface area contributed by atoms with E-state index in [1.54, 1.807) is 35.2 Å². The predicted octanol–water partition coefficient (Wildman–Crippen LogP) is 3.54. The molecule has 8 heteroatoms. The minimum atomic E-state index is 0.280. The highest BCUT2D eigenvalue weighted by Gasteiger charge is 2.19. The molecule has 0 aliphatic rings. The summed E-state index contributed by atoms with van der Waals surface area (Å²) in [6, 6.07) is 10.8. The summed E-state index contributed by atoms with van der Waals surface area (Å²) >= 11 is 6.02. The van der Waals surface area contributed by atoms with Crippen molar-refractivity contribution in [1.29, 1.82) is 0 Å². The molecule has 23 heavy (non-hydrogen) atoms. The van der Waals surface area contributed by atoms with Gasteiger partial charge in [0.05, 0.1) is 17.6 Å². The van der Waals surface area contributed by atoms with E-state index in [0.29, 0.717) is 22.4 Å². The van der Waals surface area contributed by atoms with Crippen LogP contribution in [0.2, 0.25) is 5.02 Å². The Labute approximate surface area is 135 Å². The smallest absolute Gasteiger partial charge is 0.283 e. The highest BCUT2D eigenvalue weighted by atomic mass is 35.5. The zero-order valence-corrected chi connectivity index (χ0v) is 12.7. The number of hydrogen-bond donors (Lipinski definition) is 0. The molecule has 3 aromatic heterocycles. The van der Waals surface area contributed by atoms with Crippen LogP contribution in [-0.4, -0.2) is 25.2 Å². The summed E-state index contributed by atoms with van der Waals surface area (Å²) in [4.78, 5) is 0. The highest BCUT2D eigenvalue weighted by Crippen LogP contribution is 2.26. The third-order valence-electron chi connectivity index (χ3n) is 3.31. The van der Waals surface area contributed by atoms with Gasteiger partial charge in [-0.25, -0.2) is 4.68 Å². The molecular weight excluding hydrogens is 318 g/mol. The summed E-state index contributed by atoms with van der Waals surface area (Å²) in [5, 5.41) is 16.9. The Hall–Kier alpha value is -2.93. The van der Waals surface area contributed by atoms with Crippen LogP contribution in [0.1, 0.15) is 5.69 Å². The molecule has 0 aliphatic carbocycles. The van der Waals surface area contributed by atoms with Crippen LogP contribution in [0.25, 0.3) is 28.9 Å². The summed E-state index contributed by atoms with van der Waals surface area (Å²) in [5.41, 5.74) is 2.08. The van der Waals surface area contributed by atoms with Crippen LogP contribution < -0.4 is 0 Å². The van der Waals surface area contributed by atoms with Gasteiger partial charge in [-0.1, -0.05) is 22.9 Å². The van der Waals surface area contributed by atoms with Gasteiger partial charge in [-0.2, -0.15) is 0 Å². The molecule has 0 fully saturated rings. The van der Waals surface area contributed by atoms with Gasteiger partial charge >= 0.3 is 0 Å². The fraction of sp³-hybridized carbons (Fsp3) is 0.0667. The van der Waals surface area contributed by atoms with Gasteiger partial charge in [-0.15, -0.1) is 15.3 Å². The van der Waals surface area contributed by atoms with Gasteiger partial charge in [-0.05, 0) is 37.3 Å². The van der Waals surface area contributed by atoms with Gasteiger partial charge in [0.25, 0.3) is 11.8 Å². The number of rotatable bonds is 3. The Bertz CT molecular complexity index is 958. The Morgan fingerprint density at radius 2 is 1.91 bits per heavy atom. The lowest BCUT2D eigenvalue weighted by Crippen LogP contribution is -1.98. The van der Waals surface area contributed by atoms with Crippen molar-refractivity contribution < 1.29 is 8.83 Å². The summed E-state index contributed by atoms with van der Waals surface area (Å²) in [7, 11) is 0. The Kier molecular flexibility index (Phi) is 3.20. The van der Waals surface area contributed by atoms with Crippen molar-refractivity contribution in [3.8, 4) is 28.9 Å². The fourth-order valence-corrected chi connectivity index (χ4v) is 2.38. The van der Waals surface area contributed by atoms with Crippen molar-refractivity contribution >= 4 is 11.6 Å². The minimum Gasteiger partial charge on any atom is -0.459 e. The first kappa shape index (κ1) is 13.7. The molecule has 4 rings (SSSR count). The van der Waals surface area contributed by atoms with Gasteiger partial charge in [0.1, 0.15) is 0 Å². The second-order valence-electron chi connectivity index (χ2n) is 4.80. The molecule has 0 unspecified atom stereocenters. The summed E-state index contributed by atoms with van der Waals surface area (Å²) < 4.78 is 12.5. The molecule has 0 radical (unpaired) electrons. The molecule has 3 heterocycles. The Morgan fingerprint density at radius 3 is 2.70 bits per heavy atom. The molecule has 0 saturated carbocycles. The molecule has 114 valence electrons. The maximum atomic E-state index is 6.02. The van der Waals surface area contributed by atoms with E-state index in [0.717, 1.165) is 11.4 Å². The third kappa shape index (κ3) is 2.40. The average molecular weight is 328 g/mol. The van der Waals surface area contributed by atoms with Gasteiger partial charge in [0, 0.05) is 5.02 Å². The first-order valence-corrected chi connectivity index (χ1v) is 7.16. The van der Waals surface area contributed by atoms with Crippen LogP contribution in [0.3, 0.4) is 0 Å². The first-order chi connectivity index (χ1) is 11.2. The Balaban J connectivity index is 1.74. The molecule has 7 nitrogen and oxygen atoms in total. The van der Waals surface area contributed by atoms with Crippen molar-refractivity contribution in [3.05, 3.63) is 53.4 Å². The van der Waals surface area contributed by atoms with E-state index < -0.39 is 0 Å². The molecule has 1 aromatic carbocycles. The number of nitrogens with zero attached hydrogens (tertiary/aromatic N) is 5. The van der Waals surface area contributed by atoms with Crippen molar-refractivity contribution in [2.45, 2.75) is 6.92 Å². The molecule has 0 bridgehead atoms. The quantitative estimate of drug-likeness (QED) is 0.572. The van der Waals surface area contributed by atoms with Crippen LogP contribution in [0.4, 0.5) is 0 Å². The Morgan fingerprint density at radius 1 is 1.04 bits per heavy atom. The van der Waals surface area contributed by atoms with Crippen molar-refractivity contribution in [1.82, 2.24) is 25.2 Å². The topological polar surface area (TPSA) is 82.8 Å². The largest absolute Gasteiger partial charge is 0.459 e. The summed E-state index contributed by atoms with van der Waals surface area (Å²) in [5.74, 6) is 1.08. The number of hydrogen-bond acceptors (Lipinski definition) is 6. The van der Waals surface area contributed by atoms with E-state index in [1.807, 2.05) is 19.1 Å². The second-order valence-corrected chi connectivity index (χ2v) is 5.24. The number of halogens is 1.